The largest absolute Gasteiger partial charge is 0.355 e. The lowest BCUT2D eigenvalue weighted by Crippen LogP contribution is -2.71. The van der Waals surface area contributed by atoms with Crippen LogP contribution in [0.4, 0.5) is 0 Å². The van der Waals surface area contributed by atoms with Gasteiger partial charge in [0.15, 0.2) is 0 Å². The number of hydrogen-bond donors (Lipinski definition) is 0. The lowest BCUT2D eigenvalue weighted by Gasteiger charge is -2.63. The molecule has 0 aliphatic carbocycles. The molecule has 1 fully saturated rings. The number of halogens is 1. The van der Waals surface area contributed by atoms with E-state index in [1.165, 1.54) is 11.1 Å². The predicted octanol–water partition coefficient (Wildman–Crippen LogP) is 3.95. The van der Waals surface area contributed by atoms with E-state index in [9.17, 15) is 0 Å². The van der Waals surface area contributed by atoms with Crippen LogP contribution < -0.4 is 0 Å². The molecule has 1 nitrogen and oxygen atoms in total. The summed E-state index contributed by atoms with van der Waals surface area (Å²) in [4.78, 5) is 2.81. The van der Waals surface area contributed by atoms with Crippen LogP contribution in [0.2, 0.25) is 0 Å². The van der Waals surface area contributed by atoms with E-state index in [2.05, 4.69) is 49.9 Å². The number of alkyl halides is 1. The fourth-order valence-electron chi connectivity index (χ4n) is 3.21. The van der Waals surface area contributed by atoms with Gasteiger partial charge in [0.1, 0.15) is 9.86 Å². The van der Waals surface area contributed by atoms with Crippen molar-refractivity contribution in [1.82, 2.24) is 4.90 Å². The number of hydrogen-bond acceptors (Lipinski definition) is 1. The molecule has 18 heavy (non-hydrogen) atoms. The molecule has 2 unspecified atom stereocenters. The average Bonchev–Trinajstić information content (AvgIpc) is 2.34. The van der Waals surface area contributed by atoms with Crippen LogP contribution in [0.25, 0.3) is 0 Å². The minimum Gasteiger partial charge on any atom is -0.355 e. The first-order chi connectivity index (χ1) is 8.37. The Balaban J connectivity index is 2.12. The topological polar surface area (TPSA) is 3.24 Å². The third-order valence-corrected chi connectivity index (χ3v) is 5.94. The Kier molecular flexibility index (Phi) is 2.56. The number of rotatable bonds is 0. The fraction of sp³-hybridized carbons (Fsp3) is 0.533. The van der Waals surface area contributed by atoms with Crippen molar-refractivity contribution in [2.75, 3.05) is 6.54 Å². The van der Waals surface area contributed by atoms with Gasteiger partial charge in [0.2, 0.25) is 0 Å². The molecule has 0 bridgehead atoms. The second kappa shape index (κ2) is 3.71. The second-order valence-corrected chi connectivity index (χ2v) is 7.29. The lowest BCUT2D eigenvalue weighted by atomic mass is 9.65. The summed E-state index contributed by atoms with van der Waals surface area (Å²) >= 11 is 12.5. The highest BCUT2D eigenvalue weighted by Crippen LogP contribution is 2.59. The van der Waals surface area contributed by atoms with Crippen molar-refractivity contribution in [3.63, 3.8) is 0 Å². The van der Waals surface area contributed by atoms with Gasteiger partial charge in [-0.1, -0.05) is 57.3 Å². The molecule has 2 atom stereocenters. The second-order valence-electron chi connectivity index (χ2n) is 6.31. The van der Waals surface area contributed by atoms with E-state index in [1.807, 2.05) is 0 Å². The third-order valence-electron chi connectivity index (χ3n) is 4.32. The van der Waals surface area contributed by atoms with Crippen molar-refractivity contribution < 1.29 is 0 Å². The van der Waals surface area contributed by atoms with Gasteiger partial charge in [-0.15, -0.1) is 11.6 Å². The highest BCUT2D eigenvalue weighted by atomic mass is 35.5. The molecule has 0 amide bonds. The van der Waals surface area contributed by atoms with Gasteiger partial charge >= 0.3 is 0 Å². The van der Waals surface area contributed by atoms with Crippen LogP contribution in [0.3, 0.4) is 0 Å². The van der Waals surface area contributed by atoms with E-state index >= 15 is 0 Å². The molecule has 0 saturated carbocycles. The molecule has 0 N–H and O–H groups in total. The summed E-state index contributed by atoms with van der Waals surface area (Å²) in [7, 11) is 0. The molecule has 1 aromatic carbocycles. The molecule has 0 spiro atoms. The molecular formula is C15H18ClNS. The Morgan fingerprint density at radius 1 is 1.33 bits per heavy atom. The van der Waals surface area contributed by atoms with Crippen LogP contribution in [0.5, 0.6) is 0 Å². The van der Waals surface area contributed by atoms with E-state index < -0.39 is 4.87 Å². The maximum atomic E-state index is 6.95. The zero-order chi connectivity index (χ0) is 13.1. The fourth-order valence-corrected chi connectivity index (χ4v) is 4.16. The molecule has 1 saturated heterocycles. The van der Waals surface area contributed by atoms with E-state index in [4.69, 9.17) is 23.8 Å². The van der Waals surface area contributed by atoms with Crippen molar-refractivity contribution in [2.45, 2.75) is 38.1 Å². The molecule has 2 aliphatic heterocycles. The predicted molar refractivity (Wildman–Crippen MR) is 80.2 cm³/mol. The van der Waals surface area contributed by atoms with Crippen molar-refractivity contribution in [3.8, 4) is 0 Å². The molecule has 0 aromatic heterocycles. The third kappa shape index (κ3) is 1.36. The smallest absolute Gasteiger partial charge is 0.124 e. The average molecular weight is 280 g/mol. The minimum absolute atomic E-state index is 0.0305. The maximum absolute atomic E-state index is 6.95. The maximum Gasteiger partial charge on any atom is 0.124 e. The molecule has 3 rings (SSSR count). The Hall–Kier alpha value is -0.600. The molecule has 96 valence electrons. The van der Waals surface area contributed by atoms with Crippen molar-refractivity contribution in [3.05, 3.63) is 35.4 Å². The van der Waals surface area contributed by atoms with Gasteiger partial charge in [-0.25, -0.2) is 0 Å². The Morgan fingerprint density at radius 2 is 2.00 bits per heavy atom. The van der Waals surface area contributed by atoms with Crippen LogP contribution >= 0.6 is 23.8 Å². The summed E-state index contributed by atoms with van der Waals surface area (Å²) in [5.41, 5.74) is 2.76. The summed E-state index contributed by atoms with van der Waals surface area (Å²) < 4.78 is 0. The molecule has 3 heteroatoms. The van der Waals surface area contributed by atoms with Gasteiger partial charge in [0.25, 0.3) is 0 Å². The zero-order valence-electron chi connectivity index (χ0n) is 11.0. The summed E-state index contributed by atoms with van der Waals surface area (Å²) in [6.45, 7) is 7.55. The Labute approximate surface area is 119 Å². The minimum atomic E-state index is -0.418. The van der Waals surface area contributed by atoms with Crippen molar-refractivity contribution in [1.29, 1.82) is 0 Å². The standard InChI is InChI=1S/C15H18ClNS/c1-14(2,3)15(16)12-11-7-5-4-6-10(11)8-9-17(12)13(15)18/h4-7,12H,8-9H2,1-3H3. The molecule has 2 heterocycles. The van der Waals surface area contributed by atoms with Gasteiger partial charge in [0, 0.05) is 6.54 Å². The first kappa shape index (κ1) is 12.4. The highest BCUT2D eigenvalue weighted by molar-refractivity contribution is 7.80. The molecular weight excluding hydrogens is 262 g/mol. The van der Waals surface area contributed by atoms with E-state index in [0.29, 0.717) is 0 Å². The molecule has 0 radical (unpaired) electrons. The highest BCUT2D eigenvalue weighted by Gasteiger charge is 2.63. The van der Waals surface area contributed by atoms with E-state index in [-0.39, 0.29) is 11.5 Å². The van der Waals surface area contributed by atoms with Crippen LogP contribution in [-0.4, -0.2) is 21.3 Å². The van der Waals surface area contributed by atoms with Crippen LogP contribution in [0.1, 0.15) is 37.9 Å². The quantitative estimate of drug-likeness (QED) is 0.523. The Morgan fingerprint density at radius 3 is 2.67 bits per heavy atom. The van der Waals surface area contributed by atoms with Gasteiger partial charge in [-0.3, -0.25) is 0 Å². The normalized spacial score (nSPS) is 30.6. The van der Waals surface area contributed by atoms with Crippen LogP contribution in [0.15, 0.2) is 24.3 Å². The summed E-state index contributed by atoms with van der Waals surface area (Å²) in [5, 5.41) is 0. The Bertz CT molecular complexity index is 519. The van der Waals surface area contributed by atoms with Gasteiger partial charge in [-0.05, 0) is 23.0 Å². The molecule has 2 aliphatic rings. The van der Waals surface area contributed by atoms with E-state index in [0.717, 1.165) is 18.0 Å². The number of benzene rings is 1. The van der Waals surface area contributed by atoms with E-state index in [1.54, 1.807) is 0 Å². The summed E-state index contributed by atoms with van der Waals surface area (Å²) in [6, 6.07) is 8.88. The van der Waals surface area contributed by atoms with Crippen molar-refractivity contribution in [2.24, 2.45) is 5.41 Å². The number of thiocarbonyl (C=S) groups is 1. The first-order valence-electron chi connectivity index (χ1n) is 6.45. The zero-order valence-corrected chi connectivity index (χ0v) is 12.6. The van der Waals surface area contributed by atoms with Crippen LogP contribution in [0, 0.1) is 5.41 Å². The van der Waals surface area contributed by atoms with Gasteiger partial charge in [0.05, 0.1) is 6.04 Å². The summed E-state index contributed by atoms with van der Waals surface area (Å²) in [6.07, 6.45) is 1.07. The van der Waals surface area contributed by atoms with Gasteiger partial charge < -0.3 is 4.90 Å². The summed E-state index contributed by atoms with van der Waals surface area (Å²) in [5.74, 6) is 0. The lowest BCUT2D eigenvalue weighted by molar-refractivity contribution is 0.113. The monoisotopic (exact) mass is 279 g/mol. The first-order valence-corrected chi connectivity index (χ1v) is 7.24. The number of fused-ring (bicyclic) bond motifs is 3. The SMILES string of the molecule is CC(C)(C)C1(Cl)C(=S)N2CCc3ccccc3C21. The van der Waals surface area contributed by atoms with Gasteiger partial charge in [-0.2, -0.15) is 0 Å². The molecule has 1 aromatic rings. The van der Waals surface area contributed by atoms with Crippen molar-refractivity contribution >= 4 is 28.8 Å². The number of nitrogens with zero attached hydrogens (tertiary/aromatic N) is 1. The van der Waals surface area contributed by atoms with Crippen LogP contribution in [-0.2, 0) is 6.42 Å².